The predicted octanol–water partition coefficient (Wildman–Crippen LogP) is 3.80. The predicted molar refractivity (Wildman–Crippen MR) is 82.5 cm³/mol. The second-order valence-corrected chi connectivity index (χ2v) is 5.74. The zero-order valence-electron chi connectivity index (χ0n) is 12.1. The molecular weight excluding hydrogens is 324 g/mol. The first-order valence-corrected chi connectivity index (χ1v) is 7.57. The number of rotatable bonds is 4. The van der Waals surface area contributed by atoms with Crippen LogP contribution in [0.1, 0.15) is 23.6 Å². The normalized spacial score (nSPS) is 16.0. The first-order chi connectivity index (χ1) is 11.0. The summed E-state index contributed by atoms with van der Waals surface area (Å²) in [5, 5.41) is 2.75. The monoisotopic (exact) mass is 337 g/mol. The molecule has 1 unspecified atom stereocenters. The highest BCUT2D eigenvalue weighted by atomic mass is 35.5. The Kier molecular flexibility index (Phi) is 4.48. The molecule has 0 saturated heterocycles. The molecule has 2 aromatic rings. The zero-order valence-corrected chi connectivity index (χ0v) is 12.9. The van der Waals surface area contributed by atoms with E-state index in [-0.39, 0.29) is 29.4 Å². The highest BCUT2D eigenvalue weighted by Gasteiger charge is 2.26. The lowest BCUT2D eigenvalue weighted by atomic mass is 10.1. The largest absolute Gasteiger partial charge is 0.484 e. The second-order valence-electron chi connectivity index (χ2n) is 5.33. The zero-order chi connectivity index (χ0) is 16.4. The van der Waals surface area contributed by atoms with E-state index in [1.807, 2.05) is 6.07 Å². The quantitative estimate of drug-likeness (QED) is 0.921. The molecule has 3 nitrogen and oxygen atoms in total. The summed E-state index contributed by atoms with van der Waals surface area (Å²) in [7, 11) is 0. The Labute approximate surface area is 137 Å². The summed E-state index contributed by atoms with van der Waals surface area (Å²) in [6.45, 7) is -0.219. The van der Waals surface area contributed by atoms with Crippen molar-refractivity contribution in [2.75, 3.05) is 6.61 Å². The van der Waals surface area contributed by atoms with Crippen LogP contribution in [0.3, 0.4) is 0 Å². The Hall–Kier alpha value is -2.14. The molecule has 0 heterocycles. The summed E-state index contributed by atoms with van der Waals surface area (Å²) in [6.07, 6.45) is 1.26. The van der Waals surface area contributed by atoms with Gasteiger partial charge in [0.05, 0.1) is 11.1 Å². The van der Waals surface area contributed by atoms with Gasteiger partial charge in [0, 0.05) is 6.07 Å². The Morgan fingerprint density at radius 1 is 1.26 bits per heavy atom. The molecule has 0 fully saturated rings. The molecule has 0 radical (unpaired) electrons. The maximum Gasteiger partial charge on any atom is 0.258 e. The summed E-state index contributed by atoms with van der Waals surface area (Å²) in [5.41, 5.74) is 1.47. The molecule has 120 valence electrons. The fraction of sp³-hybridized carbons (Fsp3) is 0.235. The van der Waals surface area contributed by atoms with E-state index in [4.69, 9.17) is 16.3 Å². The number of carbonyl (C=O) groups excluding carboxylic acids is 1. The molecule has 1 aliphatic rings. The molecule has 0 spiro atoms. The molecule has 6 heteroatoms. The number of amides is 1. The van der Waals surface area contributed by atoms with Crippen LogP contribution < -0.4 is 10.1 Å². The molecule has 3 rings (SSSR count). The van der Waals surface area contributed by atoms with Crippen molar-refractivity contribution in [3.05, 3.63) is 64.2 Å². The van der Waals surface area contributed by atoms with E-state index in [1.54, 1.807) is 6.07 Å². The molecule has 23 heavy (non-hydrogen) atoms. The van der Waals surface area contributed by atoms with E-state index in [0.29, 0.717) is 24.2 Å². The van der Waals surface area contributed by atoms with Crippen molar-refractivity contribution in [3.8, 4) is 5.75 Å². The van der Waals surface area contributed by atoms with Crippen LogP contribution >= 0.6 is 11.6 Å². The maximum atomic E-state index is 13.7. The number of benzene rings is 2. The van der Waals surface area contributed by atoms with Gasteiger partial charge in [0.25, 0.3) is 5.91 Å². The Balaban J connectivity index is 1.59. The van der Waals surface area contributed by atoms with Crippen LogP contribution in [0.5, 0.6) is 5.75 Å². The lowest BCUT2D eigenvalue weighted by molar-refractivity contribution is -0.123. The number of hydrogen-bond acceptors (Lipinski definition) is 2. The van der Waals surface area contributed by atoms with Gasteiger partial charge in [0.1, 0.15) is 17.4 Å². The molecular formula is C17H14ClF2NO2. The number of fused-ring (bicyclic) bond motifs is 1. The standard InChI is InChI=1S/C17H14ClF2NO2/c18-13-8-10(4-6-15(13)20)23-9-17(22)21-16-7-5-11-12(16)2-1-3-14(11)19/h1-4,6,8,16H,5,7,9H2,(H,21,22). The average molecular weight is 338 g/mol. The number of nitrogens with one attached hydrogen (secondary N) is 1. The van der Waals surface area contributed by atoms with Crippen molar-refractivity contribution in [2.45, 2.75) is 18.9 Å². The van der Waals surface area contributed by atoms with E-state index >= 15 is 0 Å². The van der Waals surface area contributed by atoms with Crippen LogP contribution in [0.25, 0.3) is 0 Å². The molecule has 0 aromatic heterocycles. The Morgan fingerprint density at radius 3 is 2.87 bits per heavy atom. The fourth-order valence-electron chi connectivity index (χ4n) is 2.71. The van der Waals surface area contributed by atoms with Gasteiger partial charge in [-0.25, -0.2) is 8.78 Å². The summed E-state index contributed by atoms with van der Waals surface area (Å²) in [6, 6.07) is 8.54. The van der Waals surface area contributed by atoms with Crippen LogP contribution in [0.2, 0.25) is 5.02 Å². The third-order valence-corrected chi connectivity index (χ3v) is 4.10. The Morgan fingerprint density at radius 2 is 2.09 bits per heavy atom. The van der Waals surface area contributed by atoms with Crippen LogP contribution in [-0.4, -0.2) is 12.5 Å². The SMILES string of the molecule is O=C(COc1ccc(F)c(Cl)c1)NC1CCc2c(F)cccc21. The highest BCUT2D eigenvalue weighted by Crippen LogP contribution is 2.32. The van der Waals surface area contributed by atoms with Gasteiger partial charge in [-0.3, -0.25) is 4.79 Å². The number of ether oxygens (including phenoxy) is 1. The third-order valence-electron chi connectivity index (χ3n) is 3.81. The van der Waals surface area contributed by atoms with Crippen LogP contribution in [0.15, 0.2) is 36.4 Å². The molecule has 0 saturated carbocycles. The molecule has 1 aliphatic carbocycles. The van der Waals surface area contributed by atoms with Crippen LogP contribution in [0.4, 0.5) is 8.78 Å². The van der Waals surface area contributed by atoms with E-state index in [2.05, 4.69) is 5.32 Å². The summed E-state index contributed by atoms with van der Waals surface area (Å²) < 4.78 is 32.0. The van der Waals surface area contributed by atoms with Gasteiger partial charge in [0.2, 0.25) is 0 Å². The van der Waals surface area contributed by atoms with Crippen molar-refractivity contribution in [1.82, 2.24) is 5.32 Å². The van der Waals surface area contributed by atoms with Gasteiger partial charge in [0.15, 0.2) is 6.61 Å². The molecule has 1 atom stereocenters. The summed E-state index contributed by atoms with van der Waals surface area (Å²) >= 11 is 5.65. The number of hydrogen-bond donors (Lipinski definition) is 1. The van der Waals surface area contributed by atoms with Gasteiger partial charge in [-0.15, -0.1) is 0 Å². The van der Waals surface area contributed by atoms with Crippen molar-refractivity contribution < 1.29 is 18.3 Å². The van der Waals surface area contributed by atoms with Gasteiger partial charge < -0.3 is 10.1 Å². The van der Waals surface area contributed by atoms with E-state index in [1.165, 1.54) is 24.3 Å². The van der Waals surface area contributed by atoms with E-state index in [9.17, 15) is 13.6 Å². The first kappa shape index (κ1) is 15.7. The van der Waals surface area contributed by atoms with Crippen molar-refractivity contribution >= 4 is 17.5 Å². The fourth-order valence-corrected chi connectivity index (χ4v) is 2.88. The van der Waals surface area contributed by atoms with Gasteiger partial charge in [-0.05, 0) is 42.2 Å². The van der Waals surface area contributed by atoms with Gasteiger partial charge in [-0.1, -0.05) is 23.7 Å². The molecule has 1 N–H and O–H groups in total. The first-order valence-electron chi connectivity index (χ1n) is 7.19. The van der Waals surface area contributed by atoms with Crippen LogP contribution in [-0.2, 0) is 11.2 Å². The van der Waals surface area contributed by atoms with E-state index < -0.39 is 5.82 Å². The lowest BCUT2D eigenvalue weighted by Gasteiger charge is -2.14. The average Bonchev–Trinajstić information content (AvgIpc) is 2.93. The minimum atomic E-state index is -0.548. The summed E-state index contributed by atoms with van der Waals surface area (Å²) in [5.74, 6) is -0.804. The van der Waals surface area contributed by atoms with Crippen molar-refractivity contribution in [2.24, 2.45) is 0 Å². The van der Waals surface area contributed by atoms with Crippen molar-refractivity contribution in [3.63, 3.8) is 0 Å². The van der Waals surface area contributed by atoms with E-state index in [0.717, 1.165) is 5.56 Å². The smallest absolute Gasteiger partial charge is 0.258 e. The number of carbonyl (C=O) groups is 1. The topological polar surface area (TPSA) is 38.3 Å². The highest BCUT2D eigenvalue weighted by molar-refractivity contribution is 6.30. The summed E-state index contributed by atoms with van der Waals surface area (Å²) in [4.78, 5) is 12.0. The van der Waals surface area contributed by atoms with Crippen LogP contribution in [0, 0.1) is 11.6 Å². The Bertz CT molecular complexity index is 751. The van der Waals surface area contributed by atoms with Gasteiger partial charge >= 0.3 is 0 Å². The minimum absolute atomic E-state index is 0.0666. The third kappa shape index (κ3) is 3.45. The number of halogens is 3. The molecule has 0 aliphatic heterocycles. The molecule has 0 bridgehead atoms. The second kappa shape index (κ2) is 6.54. The van der Waals surface area contributed by atoms with Crippen molar-refractivity contribution in [1.29, 1.82) is 0 Å². The maximum absolute atomic E-state index is 13.7. The minimum Gasteiger partial charge on any atom is -0.484 e. The molecule has 2 aromatic carbocycles. The molecule has 1 amide bonds. The van der Waals surface area contributed by atoms with Gasteiger partial charge in [-0.2, -0.15) is 0 Å². The lowest BCUT2D eigenvalue weighted by Crippen LogP contribution is -2.31.